The molecule has 1 atom stereocenters. The number of hydrogen-bond donors (Lipinski definition) is 1. The number of nitrogens with zero attached hydrogens (tertiary/aromatic N) is 2. The molecule has 1 N–H and O–H groups in total. The van der Waals surface area contributed by atoms with Crippen molar-refractivity contribution in [3.8, 4) is 0 Å². The van der Waals surface area contributed by atoms with Crippen LogP contribution in [-0.2, 0) is 11.3 Å². The maximum atomic E-state index is 11.5. The van der Waals surface area contributed by atoms with Gasteiger partial charge in [-0.15, -0.1) is 11.3 Å². The zero-order valence-electron chi connectivity index (χ0n) is 11.9. The minimum atomic E-state index is -0.642. The molecule has 0 radical (unpaired) electrons. The Morgan fingerprint density at radius 2 is 2.26 bits per heavy atom. The number of carboxylic acids is 1. The maximum absolute atomic E-state index is 11.5. The second-order valence-electron chi connectivity index (χ2n) is 5.49. The summed E-state index contributed by atoms with van der Waals surface area (Å²) < 4.78 is 0. The lowest BCUT2D eigenvalue weighted by molar-refractivity contribution is -0.153. The molecular weight excluding hydrogens is 260 g/mol. The van der Waals surface area contributed by atoms with Gasteiger partial charge in [0.2, 0.25) is 0 Å². The van der Waals surface area contributed by atoms with Crippen molar-refractivity contribution in [2.45, 2.75) is 46.6 Å². The molecule has 1 unspecified atom stereocenters. The van der Waals surface area contributed by atoms with Crippen LogP contribution in [0.4, 0.5) is 0 Å². The molecule has 0 spiro atoms. The molecule has 0 amide bonds. The number of thiazole rings is 1. The lowest BCUT2D eigenvalue weighted by atomic mass is 9.77. The SMILES string of the molecule is CCC1(C(=O)O)CCCN(Cc2sc(C)nc2C)C1. The summed E-state index contributed by atoms with van der Waals surface area (Å²) in [4.78, 5) is 19.5. The summed E-state index contributed by atoms with van der Waals surface area (Å²) in [5.74, 6) is -0.642. The smallest absolute Gasteiger partial charge is 0.310 e. The fourth-order valence-corrected chi connectivity index (χ4v) is 3.88. The first kappa shape index (κ1) is 14.5. The highest BCUT2D eigenvalue weighted by Gasteiger charge is 2.40. The molecule has 1 aromatic heterocycles. The topological polar surface area (TPSA) is 53.4 Å². The predicted octanol–water partition coefficient (Wildman–Crippen LogP) is 2.84. The third kappa shape index (κ3) is 2.98. The van der Waals surface area contributed by atoms with E-state index in [1.165, 1.54) is 4.88 Å². The second kappa shape index (κ2) is 5.59. The Hall–Kier alpha value is -0.940. The maximum Gasteiger partial charge on any atom is 0.310 e. The van der Waals surface area contributed by atoms with Gasteiger partial charge >= 0.3 is 5.97 Å². The number of aliphatic carboxylic acids is 1. The molecule has 5 heteroatoms. The molecule has 1 aliphatic rings. The second-order valence-corrected chi connectivity index (χ2v) is 6.78. The Labute approximate surface area is 118 Å². The van der Waals surface area contributed by atoms with Crippen molar-refractivity contribution in [1.29, 1.82) is 0 Å². The van der Waals surface area contributed by atoms with Crippen LogP contribution in [0.15, 0.2) is 0 Å². The van der Waals surface area contributed by atoms with Gasteiger partial charge in [0.25, 0.3) is 0 Å². The average molecular weight is 282 g/mol. The fourth-order valence-electron chi connectivity index (χ4n) is 2.90. The van der Waals surface area contributed by atoms with Crippen LogP contribution < -0.4 is 0 Å². The number of likely N-dealkylation sites (tertiary alicyclic amines) is 1. The number of aryl methyl sites for hydroxylation is 2. The first-order valence-corrected chi connectivity index (χ1v) is 7.67. The van der Waals surface area contributed by atoms with Crippen molar-refractivity contribution in [3.63, 3.8) is 0 Å². The van der Waals surface area contributed by atoms with Gasteiger partial charge in [-0.1, -0.05) is 6.92 Å². The summed E-state index contributed by atoms with van der Waals surface area (Å²) in [5, 5.41) is 10.6. The molecular formula is C14H22N2O2S. The average Bonchev–Trinajstić information content (AvgIpc) is 2.67. The third-order valence-electron chi connectivity index (χ3n) is 4.15. The van der Waals surface area contributed by atoms with Crippen molar-refractivity contribution in [2.24, 2.45) is 5.41 Å². The first-order chi connectivity index (χ1) is 8.97. The van der Waals surface area contributed by atoms with Crippen LogP contribution in [0.2, 0.25) is 0 Å². The van der Waals surface area contributed by atoms with E-state index in [9.17, 15) is 9.90 Å². The summed E-state index contributed by atoms with van der Waals surface area (Å²) in [6.45, 7) is 8.53. The minimum absolute atomic E-state index is 0.550. The van der Waals surface area contributed by atoms with Gasteiger partial charge in [-0.3, -0.25) is 9.69 Å². The van der Waals surface area contributed by atoms with Crippen molar-refractivity contribution in [2.75, 3.05) is 13.1 Å². The van der Waals surface area contributed by atoms with E-state index < -0.39 is 11.4 Å². The highest BCUT2D eigenvalue weighted by Crippen LogP contribution is 2.34. The molecule has 0 aromatic carbocycles. The van der Waals surface area contributed by atoms with E-state index in [0.717, 1.165) is 36.6 Å². The zero-order chi connectivity index (χ0) is 14.0. The summed E-state index contributed by atoms with van der Waals surface area (Å²) >= 11 is 1.72. The van der Waals surface area contributed by atoms with Gasteiger partial charge in [-0.05, 0) is 39.7 Å². The monoisotopic (exact) mass is 282 g/mol. The van der Waals surface area contributed by atoms with Gasteiger partial charge in [-0.25, -0.2) is 4.98 Å². The number of carbonyl (C=O) groups is 1. The first-order valence-electron chi connectivity index (χ1n) is 6.85. The van der Waals surface area contributed by atoms with Crippen LogP contribution in [0.25, 0.3) is 0 Å². The van der Waals surface area contributed by atoms with E-state index in [2.05, 4.69) is 9.88 Å². The van der Waals surface area contributed by atoms with Crippen LogP contribution in [0.1, 0.15) is 41.8 Å². The largest absolute Gasteiger partial charge is 0.481 e. The zero-order valence-corrected chi connectivity index (χ0v) is 12.7. The fraction of sp³-hybridized carbons (Fsp3) is 0.714. The number of aromatic nitrogens is 1. The number of rotatable bonds is 4. The van der Waals surface area contributed by atoms with E-state index in [4.69, 9.17) is 0 Å². The van der Waals surface area contributed by atoms with Crippen molar-refractivity contribution < 1.29 is 9.90 Å². The highest BCUT2D eigenvalue weighted by atomic mass is 32.1. The lowest BCUT2D eigenvalue weighted by Crippen LogP contribution is -2.47. The summed E-state index contributed by atoms with van der Waals surface area (Å²) in [6.07, 6.45) is 2.48. The summed E-state index contributed by atoms with van der Waals surface area (Å²) in [5.41, 5.74) is 0.539. The van der Waals surface area contributed by atoms with Crippen molar-refractivity contribution in [3.05, 3.63) is 15.6 Å². The molecule has 106 valence electrons. The molecule has 0 bridgehead atoms. The lowest BCUT2D eigenvalue weighted by Gasteiger charge is -2.39. The van der Waals surface area contributed by atoms with Gasteiger partial charge < -0.3 is 5.11 Å². The van der Waals surface area contributed by atoms with E-state index in [1.54, 1.807) is 11.3 Å². The van der Waals surface area contributed by atoms with Crippen molar-refractivity contribution >= 4 is 17.3 Å². The van der Waals surface area contributed by atoms with E-state index in [0.29, 0.717) is 13.0 Å². The molecule has 1 aliphatic heterocycles. The Morgan fingerprint density at radius 3 is 2.79 bits per heavy atom. The van der Waals surface area contributed by atoms with E-state index in [1.807, 2.05) is 20.8 Å². The molecule has 1 fully saturated rings. The van der Waals surface area contributed by atoms with Gasteiger partial charge in [0.1, 0.15) is 0 Å². The molecule has 4 nitrogen and oxygen atoms in total. The van der Waals surface area contributed by atoms with E-state index in [-0.39, 0.29) is 0 Å². The molecule has 2 rings (SSSR count). The van der Waals surface area contributed by atoms with Crippen LogP contribution in [0.3, 0.4) is 0 Å². The van der Waals surface area contributed by atoms with E-state index >= 15 is 0 Å². The van der Waals surface area contributed by atoms with Crippen LogP contribution in [0.5, 0.6) is 0 Å². The molecule has 19 heavy (non-hydrogen) atoms. The normalized spacial score (nSPS) is 24.6. The Kier molecular flexibility index (Phi) is 4.26. The highest BCUT2D eigenvalue weighted by molar-refractivity contribution is 7.11. The van der Waals surface area contributed by atoms with Gasteiger partial charge in [0.15, 0.2) is 0 Å². The van der Waals surface area contributed by atoms with Gasteiger partial charge in [-0.2, -0.15) is 0 Å². The van der Waals surface area contributed by atoms with Crippen molar-refractivity contribution in [1.82, 2.24) is 9.88 Å². The predicted molar refractivity (Wildman–Crippen MR) is 76.5 cm³/mol. The Bertz CT molecular complexity index is 472. The van der Waals surface area contributed by atoms with Gasteiger partial charge in [0, 0.05) is 18.0 Å². The van der Waals surface area contributed by atoms with Crippen LogP contribution in [-0.4, -0.2) is 34.0 Å². The third-order valence-corrected chi connectivity index (χ3v) is 5.21. The Morgan fingerprint density at radius 1 is 1.53 bits per heavy atom. The minimum Gasteiger partial charge on any atom is -0.481 e. The standard InChI is InChI=1S/C14H22N2O2S/c1-4-14(13(17)18)6-5-7-16(9-14)8-12-10(2)15-11(3)19-12/h4-9H2,1-3H3,(H,17,18). The molecule has 2 heterocycles. The number of carboxylic acid groups (broad SMARTS) is 1. The summed E-state index contributed by atoms with van der Waals surface area (Å²) in [7, 11) is 0. The molecule has 0 saturated carbocycles. The number of piperidine rings is 1. The quantitative estimate of drug-likeness (QED) is 0.922. The summed E-state index contributed by atoms with van der Waals surface area (Å²) in [6, 6.07) is 0. The van der Waals surface area contributed by atoms with Crippen LogP contribution in [0, 0.1) is 19.3 Å². The molecule has 0 aliphatic carbocycles. The van der Waals surface area contributed by atoms with Crippen LogP contribution >= 0.6 is 11.3 Å². The van der Waals surface area contributed by atoms with Gasteiger partial charge in [0.05, 0.1) is 16.1 Å². The Balaban J connectivity index is 2.09. The molecule has 1 saturated heterocycles. The molecule has 1 aromatic rings. The number of hydrogen-bond acceptors (Lipinski definition) is 4.